The third kappa shape index (κ3) is 3.94. The molecule has 0 aliphatic rings. The molecule has 0 bridgehead atoms. The Morgan fingerprint density at radius 3 is 2.81 bits per heavy atom. The Labute approximate surface area is 175 Å². The number of methoxy groups -OCH3 is 1. The quantitative estimate of drug-likeness (QED) is 0.348. The molecule has 12 heteroatoms. The van der Waals surface area contributed by atoms with Crippen molar-refractivity contribution >= 4 is 17.4 Å². The van der Waals surface area contributed by atoms with E-state index in [1.807, 2.05) is 6.07 Å². The van der Waals surface area contributed by atoms with Crippen LogP contribution in [0.1, 0.15) is 23.1 Å². The molecule has 0 atom stereocenters. The number of nitrogen functional groups attached to an aromatic ring is 1. The molecule has 0 saturated carbocycles. The van der Waals surface area contributed by atoms with E-state index < -0.39 is 5.91 Å². The molecule has 0 radical (unpaired) electrons. The van der Waals surface area contributed by atoms with Gasteiger partial charge in [-0.15, -0.1) is 5.10 Å². The van der Waals surface area contributed by atoms with Crippen LogP contribution in [0.2, 0.25) is 0 Å². The van der Waals surface area contributed by atoms with Crippen molar-refractivity contribution in [1.82, 2.24) is 35.7 Å². The van der Waals surface area contributed by atoms with Crippen molar-refractivity contribution in [3.63, 3.8) is 0 Å². The topological polar surface area (TPSA) is 159 Å². The van der Waals surface area contributed by atoms with Gasteiger partial charge in [-0.05, 0) is 41.5 Å². The minimum Gasteiger partial charge on any atom is -0.497 e. The second-order valence-corrected chi connectivity index (χ2v) is 6.26. The summed E-state index contributed by atoms with van der Waals surface area (Å²) in [5.74, 6) is 0.0730. The van der Waals surface area contributed by atoms with Crippen LogP contribution in [-0.4, -0.2) is 49.0 Å². The number of hydrogen-bond acceptors (Lipinski definition) is 10. The maximum atomic E-state index is 12.9. The molecule has 156 valence electrons. The van der Waals surface area contributed by atoms with Gasteiger partial charge >= 0.3 is 0 Å². The molecular weight excluding hydrogens is 402 g/mol. The Morgan fingerprint density at radius 2 is 2.10 bits per heavy atom. The minimum atomic E-state index is -0.589. The van der Waals surface area contributed by atoms with Crippen LogP contribution in [0.4, 0.5) is 5.82 Å². The number of aromatic nitrogens is 6. The molecule has 3 aromatic heterocycles. The molecule has 1 aromatic carbocycles. The molecule has 31 heavy (non-hydrogen) atoms. The molecular formula is C19H17N9O3. The maximum absolute atomic E-state index is 12.9. The van der Waals surface area contributed by atoms with E-state index in [1.54, 1.807) is 49.5 Å². The predicted molar refractivity (Wildman–Crippen MR) is 110 cm³/mol. The van der Waals surface area contributed by atoms with Crippen molar-refractivity contribution in [3.8, 4) is 22.8 Å². The average molecular weight is 419 g/mol. The highest BCUT2D eigenvalue weighted by Crippen LogP contribution is 2.28. The summed E-state index contributed by atoms with van der Waals surface area (Å²) in [6.45, 7) is 1.73. The van der Waals surface area contributed by atoms with Crippen molar-refractivity contribution in [1.29, 1.82) is 0 Å². The molecule has 12 nitrogen and oxygen atoms in total. The summed E-state index contributed by atoms with van der Waals surface area (Å²) in [5, 5.41) is 19.4. The van der Waals surface area contributed by atoms with Crippen molar-refractivity contribution in [2.45, 2.75) is 6.92 Å². The SMILES string of the molecule is COc1cccc(-c2c(C(=O)NN=C(C)c3ccccn3)nnn2-c2nonc2N)c1. The summed E-state index contributed by atoms with van der Waals surface area (Å²) in [5.41, 5.74) is 10.3. The lowest BCUT2D eigenvalue weighted by Crippen LogP contribution is -2.21. The minimum absolute atomic E-state index is 0.00627. The Morgan fingerprint density at radius 1 is 1.23 bits per heavy atom. The van der Waals surface area contributed by atoms with E-state index in [2.05, 4.69) is 40.8 Å². The summed E-state index contributed by atoms with van der Waals surface area (Å²) in [7, 11) is 1.54. The number of carbonyl (C=O) groups excluding carboxylic acids is 1. The van der Waals surface area contributed by atoms with Gasteiger partial charge in [-0.25, -0.2) is 10.1 Å². The molecule has 0 unspecified atom stereocenters. The highest BCUT2D eigenvalue weighted by atomic mass is 16.6. The van der Waals surface area contributed by atoms with Gasteiger partial charge in [0.05, 0.1) is 18.5 Å². The Kier molecular flexibility index (Phi) is 5.34. The number of carbonyl (C=O) groups is 1. The van der Waals surface area contributed by atoms with Crippen LogP contribution in [0.25, 0.3) is 17.1 Å². The van der Waals surface area contributed by atoms with E-state index in [-0.39, 0.29) is 17.3 Å². The van der Waals surface area contributed by atoms with Crippen molar-refractivity contribution in [2.24, 2.45) is 5.10 Å². The van der Waals surface area contributed by atoms with Gasteiger partial charge < -0.3 is 10.5 Å². The zero-order valence-electron chi connectivity index (χ0n) is 16.6. The first-order chi connectivity index (χ1) is 15.1. The molecule has 0 aliphatic heterocycles. The van der Waals surface area contributed by atoms with Crippen LogP contribution in [0.3, 0.4) is 0 Å². The maximum Gasteiger partial charge on any atom is 0.294 e. The fraction of sp³-hybridized carbons (Fsp3) is 0.105. The highest BCUT2D eigenvalue weighted by Gasteiger charge is 2.25. The molecule has 4 aromatic rings. The summed E-state index contributed by atoms with van der Waals surface area (Å²) in [6.07, 6.45) is 1.64. The first kappa shape index (κ1) is 19.7. The van der Waals surface area contributed by atoms with Gasteiger partial charge in [0.2, 0.25) is 11.6 Å². The normalized spacial score (nSPS) is 11.4. The van der Waals surface area contributed by atoms with Crippen LogP contribution < -0.4 is 15.9 Å². The molecule has 0 saturated heterocycles. The highest BCUT2D eigenvalue weighted by molar-refractivity contribution is 6.01. The fourth-order valence-corrected chi connectivity index (χ4v) is 2.77. The third-order valence-corrected chi connectivity index (χ3v) is 4.29. The number of amides is 1. The standard InChI is InChI=1S/C19H17N9O3/c1-11(14-8-3-4-9-21-14)22-24-19(29)15-16(12-6-5-7-13(10-12)30-2)28(27-23-15)18-17(20)25-31-26-18/h3-10H,1-2H3,(H2,20,25)(H,24,29). The zero-order valence-corrected chi connectivity index (χ0v) is 16.6. The van der Waals surface area contributed by atoms with Crippen LogP contribution >= 0.6 is 0 Å². The first-order valence-corrected chi connectivity index (χ1v) is 9.03. The number of rotatable bonds is 6. The van der Waals surface area contributed by atoms with Gasteiger partial charge in [-0.3, -0.25) is 9.78 Å². The fourth-order valence-electron chi connectivity index (χ4n) is 2.77. The second kappa shape index (κ2) is 8.41. The number of ether oxygens (including phenoxy) is 1. The lowest BCUT2D eigenvalue weighted by atomic mass is 10.1. The van der Waals surface area contributed by atoms with Crippen molar-refractivity contribution in [2.75, 3.05) is 12.8 Å². The number of nitrogens with one attached hydrogen (secondary N) is 1. The molecule has 0 aliphatic carbocycles. The molecule has 3 heterocycles. The van der Waals surface area contributed by atoms with Crippen LogP contribution in [-0.2, 0) is 0 Å². The summed E-state index contributed by atoms with van der Waals surface area (Å²) in [4.78, 5) is 17.1. The lowest BCUT2D eigenvalue weighted by Gasteiger charge is -2.08. The van der Waals surface area contributed by atoms with E-state index in [9.17, 15) is 4.79 Å². The Bertz CT molecular complexity index is 1250. The monoisotopic (exact) mass is 419 g/mol. The predicted octanol–water partition coefficient (Wildman–Crippen LogP) is 1.46. The number of hydrogen-bond donors (Lipinski definition) is 2. The van der Waals surface area contributed by atoms with Gasteiger partial charge in [0.1, 0.15) is 11.4 Å². The molecule has 4 rings (SSSR count). The summed E-state index contributed by atoms with van der Waals surface area (Å²) < 4.78 is 11.2. The summed E-state index contributed by atoms with van der Waals surface area (Å²) >= 11 is 0. The molecule has 3 N–H and O–H groups in total. The van der Waals surface area contributed by atoms with Crippen molar-refractivity contribution in [3.05, 3.63) is 60.0 Å². The molecule has 1 amide bonds. The van der Waals surface area contributed by atoms with Crippen LogP contribution in [0.15, 0.2) is 58.4 Å². The van der Waals surface area contributed by atoms with Crippen LogP contribution in [0, 0.1) is 0 Å². The van der Waals surface area contributed by atoms with Gasteiger partial charge in [-0.1, -0.05) is 23.4 Å². The van der Waals surface area contributed by atoms with E-state index in [4.69, 9.17) is 10.5 Å². The molecule has 0 spiro atoms. The molecule has 0 fully saturated rings. The second-order valence-electron chi connectivity index (χ2n) is 6.26. The van der Waals surface area contributed by atoms with Crippen LogP contribution in [0.5, 0.6) is 5.75 Å². The number of nitrogens with zero attached hydrogens (tertiary/aromatic N) is 7. The van der Waals surface area contributed by atoms with Gasteiger partial charge in [0.15, 0.2) is 5.69 Å². The number of nitrogens with two attached hydrogens (primary N) is 1. The van der Waals surface area contributed by atoms with Gasteiger partial charge in [0.25, 0.3) is 5.91 Å². The largest absolute Gasteiger partial charge is 0.497 e. The van der Waals surface area contributed by atoms with E-state index in [0.717, 1.165) is 0 Å². The average Bonchev–Trinajstić information content (AvgIpc) is 3.43. The van der Waals surface area contributed by atoms with E-state index in [1.165, 1.54) is 11.8 Å². The first-order valence-electron chi connectivity index (χ1n) is 9.03. The Balaban J connectivity index is 1.74. The van der Waals surface area contributed by atoms with Crippen molar-refractivity contribution < 1.29 is 14.2 Å². The number of pyridine rings is 1. The Hall–Kier alpha value is -4.61. The number of hydrazone groups is 1. The lowest BCUT2D eigenvalue weighted by molar-refractivity contribution is 0.0950. The summed E-state index contributed by atoms with van der Waals surface area (Å²) in [6, 6.07) is 12.4. The smallest absolute Gasteiger partial charge is 0.294 e. The van der Waals surface area contributed by atoms with E-state index in [0.29, 0.717) is 28.4 Å². The number of benzene rings is 1. The number of anilines is 1. The zero-order chi connectivity index (χ0) is 21.8. The van der Waals surface area contributed by atoms with Gasteiger partial charge in [0, 0.05) is 11.8 Å². The van der Waals surface area contributed by atoms with Gasteiger partial charge in [-0.2, -0.15) is 9.78 Å². The van der Waals surface area contributed by atoms with E-state index >= 15 is 0 Å². The third-order valence-electron chi connectivity index (χ3n) is 4.29.